The van der Waals surface area contributed by atoms with Crippen molar-refractivity contribution < 1.29 is 4.74 Å². The van der Waals surface area contributed by atoms with Gasteiger partial charge in [-0.05, 0) is 0 Å². The molecule has 1 unspecified atom stereocenters. The standard InChI is InChI=1S/C25H24OSe2/c1-18-8-12-21(13-9-18)27-23-16-17-26-24(20-6-4-3-5-7-20)25(23)28-22-14-10-19(2)11-15-22/h3-15,24H,16-17H2,1-2H3. The van der Waals surface area contributed by atoms with Gasteiger partial charge in [-0.3, -0.25) is 0 Å². The third-order valence-corrected chi connectivity index (χ3v) is 10.4. The van der Waals surface area contributed by atoms with Crippen molar-refractivity contribution in [1.82, 2.24) is 0 Å². The number of ether oxygens (including phenoxy) is 1. The molecule has 0 saturated carbocycles. The van der Waals surface area contributed by atoms with Crippen molar-refractivity contribution in [2.24, 2.45) is 0 Å². The number of benzene rings is 3. The Morgan fingerprint density at radius 3 is 1.89 bits per heavy atom. The van der Waals surface area contributed by atoms with Gasteiger partial charge < -0.3 is 0 Å². The number of rotatable bonds is 5. The van der Waals surface area contributed by atoms with Gasteiger partial charge in [-0.1, -0.05) is 0 Å². The first-order chi connectivity index (χ1) is 13.7. The van der Waals surface area contributed by atoms with Gasteiger partial charge in [0.25, 0.3) is 0 Å². The van der Waals surface area contributed by atoms with Crippen LogP contribution in [0.5, 0.6) is 0 Å². The normalized spacial score (nSPS) is 17.0. The maximum atomic E-state index is 6.33. The first kappa shape index (κ1) is 19.7. The SMILES string of the molecule is Cc1ccc([Se]C2=C([Se]c3ccc(C)cc3)C(c3ccccc3)OCC2)cc1. The average Bonchev–Trinajstić information content (AvgIpc) is 2.73. The van der Waals surface area contributed by atoms with E-state index in [1.807, 2.05) is 0 Å². The monoisotopic (exact) mass is 500 g/mol. The van der Waals surface area contributed by atoms with Crippen LogP contribution < -0.4 is 8.92 Å². The van der Waals surface area contributed by atoms with Crippen LogP contribution >= 0.6 is 0 Å². The summed E-state index contributed by atoms with van der Waals surface area (Å²) in [4.78, 5) is 0. The minimum atomic E-state index is 0.0959. The molecule has 0 spiro atoms. The quantitative estimate of drug-likeness (QED) is 0.483. The Kier molecular flexibility index (Phi) is 6.52. The van der Waals surface area contributed by atoms with E-state index in [1.165, 1.54) is 30.1 Å². The van der Waals surface area contributed by atoms with Crippen LogP contribution in [0.3, 0.4) is 0 Å². The van der Waals surface area contributed by atoms with Gasteiger partial charge >= 0.3 is 181 Å². The average molecular weight is 498 g/mol. The van der Waals surface area contributed by atoms with E-state index in [2.05, 4.69) is 92.7 Å². The van der Waals surface area contributed by atoms with Crippen LogP contribution in [0.25, 0.3) is 0 Å². The van der Waals surface area contributed by atoms with Gasteiger partial charge in [-0.15, -0.1) is 0 Å². The van der Waals surface area contributed by atoms with Gasteiger partial charge in [0.15, 0.2) is 0 Å². The summed E-state index contributed by atoms with van der Waals surface area (Å²) in [7, 11) is 0. The van der Waals surface area contributed by atoms with E-state index in [9.17, 15) is 0 Å². The molecule has 3 heteroatoms. The van der Waals surface area contributed by atoms with Crippen molar-refractivity contribution in [3.8, 4) is 0 Å². The van der Waals surface area contributed by atoms with E-state index in [-0.39, 0.29) is 21.1 Å². The Labute approximate surface area is 180 Å². The van der Waals surface area contributed by atoms with E-state index < -0.39 is 0 Å². The van der Waals surface area contributed by atoms with Gasteiger partial charge in [0.2, 0.25) is 0 Å². The number of hydrogen-bond acceptors (Lipinski definition) is 1. The molecule has 142 valence electrons. The van der Waals surface area contributed by atoms with Crippen LogP contribution in [0, 0.1) is 13.8 Å². The summed E-state index contributed by atoms with van der Waals surface area (Å²) in [6, 6.07) is 28.8. The van der Waals surface area contributed by atoms with Gasteiger partial charge in [0, 0.05) is 0 Å². The van der Waals surface area contributed by atoms with Crippen LogP contribution in [0.4, 0.5) is 0 Å². The minimum absolute atomic E-state index is 0.0959. The van der Waals surface area contributed by atoms with Crippen LogP contribution in [0.2, 0.25) is 0 Å². The van der Waals surface area contributed by atoms with Gasteiger partial charge in [-0.2, -0.15) is 0 Å². The Morgan fingerprint density at radius 1 is 0.714 bits per heavy atom. The van der Waals surface area contributed by atoms with Crippen molar-refractivity contribution >= 4 is 38.8 Å². The zero-order valence-corrected chi connectivity index (χ0v) is 19.6. The molecule has 0 bridgehead atoms. The number of hydrogen-bond donors (Lipinski definition) is 0. The first-order valence-electron chi connectivity index (χ1n) is 9.58. The second kappa shape index (κ2) is 9.26. The summed E-state index contributed by atoms with van der Waals surface area (Å²) in [6.07, 6.45) is 1.15. The van der Waals surface area contributed by atoms with Crippen molar-refractivity contribution in [3.05, 3.63) is 104 Å². The Morgan fingerprint density at radius 2 is 1.29 bits per heavy atom. The van der Waals surface area contributed by atoms with E-state index >= 15 is 0 Å². The predicted octanol–water partition coefficient (Wildman–Crippen LogP) is 4.04. The van der Waals surface area contributed by atoms with Gasteiger partial charge in [-0.25, -0.2) is 0 Å². The predicted molar refractivity (Wildman–Crippen MR) is 120 cm³/mol. The maximum absolute atomic E-state index is 6.33. The molecular weight excluding hydrogens is 474 g/mol. The number of aryl methyl sites for hydroxylation is 2. The molecule has 1 nitrogen and oxygen atoms in total. The molecular formula is C25H24OSe2. The third-order valence-electron chi connectivity index (χ3n) is 4.74. The van der Waals surface area contributed by atoms with E-state index in [4.69, 9.17) is 4.74 Å². The summed E-state index contributed by atoms with van der Waals surface area (Å²) in [6.45, 7) is 5.12. The second-order valence-electron chi connectivity index (χ2n) is 7.03. The Bertz CT molecular complexity index is 944. The molecule has 3 aromatic rings. The van der Waals surface area contributed by atoms with Gasteiger partial charge in [0.05, 0.1) is 0 Å². The fraction of sp³-hybridized carbons (Fsp3) is 0.200. The molecule has 0 fully saturated rings. The third kappa shape index (κ3) is 4.87. The van der Waals surface area contributed by atoms with Crippen LogP contribution in [-0.2, 0) is 4.74 Å². The summed E-state index contributed by atoms with van der Waals surface area (Å²) in [5, 5.41) is 0. The fourth-order valence-corrected chi connectivity index (χ4v) is 8.29. The molecule has 4 rings (SSSR count). The zero-order chi connectivity index (χ0) is 19.3. The zero-order valence-electron chi connectivity index (χ0n) is 16.2. The van der Waals surface area contributed by atoms with Crippen molar-refractivity contribution in [2.45, 2.75) is 26.4 Å². The van der Waals surface area contributed by atoms with E-state index in [1.54, 1.807) is 4.47 Å². The van der Waals surface area contributed by atoms with Crippen LogP contribution in [0.1, 0.15) is 29.2 Å². The topological polar surface area (TPSA) is 9.23 Å². The molecule has 28 heavy (non-hydrogen) atoms. The molecule has 3 aromatic carbocycles. The molecule has 0 aromatic heterocycles. The van der Waals surface area contributed by atoms with Crippen molar-refractivity contribution in [2.75, 3.05) is 6.61 Å². The molecule has 1 atom stereocenters. The molecule has 0 aliphatic carbocycles. The molecule has 0 amide bonds. The summed E-state index contributed by atoms with van der Waals surface area (Å²) < 4.78 is 12.4. The Hall–Kier alpha value is -1.60. The molecule has 0 radical (unpaired) electrons. The molecule has 0 N–H and O–H groups in total. The fourth-order valence-electron chi connectivity index (χ4n) is 3.18. The van der Waals surface area contributed by atoms with Crippen LogP contribution in [-0.4, -0.2) is 36.5 Å². The summed E-state index contributed by atoms with van der Waals surface area (Å²) in [5.41, 5.74) is 3.92. The molecule has 1 aliphatic heterocycles. The Balaban J connectivity index is 1.71. The van der Waals surface area contributed by atoms with Crippen molar-refractivity contribution in [3.63, 3.8) is 0 Å². The summed E-state index contributed by atoms with van der Waals surface area (Å²) in [5.74, 6) is 0. The van der Waals surface area contributed by atoms with E-state index in [0.29, 0.717) is 15.0 Å². The molecule has 1 heterocycles. The van der Waals surface area contributed by atoms with E-state index in [0.717, 1.165) is 13.0 Å². The van der Waals surface area contributed by atoms with Gasteiger partial charge in [0.1, 0.15) is 0 Å². The molecule has 1 aliphatic rings. The second-order valence-corrected chi connectivity index (χ2v) is 11.8. The van der Waals surface area contributed by atoms with Crippen LogP contribution in [0.15, 0.2) is 87.8 Å². The first-order valence-corrected chi connectivity index (χ1v) is 13.0. The van der Waals surface area contributed by atoms with Crippen molar-refractivity contribution in [1.29, 1.82) is 0 Å². The summed E-state index contributed by atoms with van der Waals surface area (Å²) >= 11 is 0.628. The molecule has 0 saturated heterocycles.